The lowest BCUT2D eigenvalue weighted by atomic mass is 10.4. The van der Waals surface area contributed by atoms with E-state index in [0.29, 0.717) is 12.4 Å². The molecule has 0 aromatic carbocycles. The summed E-state index contributed by atoms with van der Waals surface area (Å²) >= 11 is 5.71. The van der Waals surface area contributed by atoms with Crippen LogP contribution in [0.15, 0.2) is 6.07 Å². The molecule has 5 nitrogen and oxygen atoms in total. The quantitative estimate of drug-likeness (QED) is 0.614. The van der Waals surface area contributed by atoms with Gasteiger partial charge in [-0.05, 0) is 18.5 Å². The molecule has 0 bridgehead atoms. The Labute approximate surface area is 93.8 Å². The molecular weight excluding hydrogens is 218 g/mol. The summed E-state index contributed by atoms with van der Waals surface area (Å²) in [6.45, 7) is 2.35. The van der Waals surface area contributed by atoms with Crippen molar-refractivity contribution < 1.29 is 9.47 Å². The van der Waals surface area contributed by atoms with Crippen LogP contribution in [0.1, 0.15) is 5.69 Å². The van der Waals surface area contributed by atoms with Crippen molar-refractivity contribution in [3.8, 4) is 0 Å². The normalized spacial score (nSPS) is 10.7. The summed E-state index contributed by atoms with van der Waals surface area (Å²) < 4.78 is 10.0. The van der Waals surface area contributed by atoms with Crippen LogP contribution in [0.3, 0.4) is 0 Å². The van der Waals surface area contributed by atoms with E-state index in [4.69, 9.17) is 21.1 Å². The molecule has 1 rings (SSSR count). The van der Waals surface area contributed by atoms with Gasteiger partial charge in [-0.25, -0.2) is 9.97 Å². The molecule has 0 aliphatic carbocycles. The van der Waals surface area contributed by atoms with Crippen molar-refractivity contribution in [2.75, 3.05) is 26.1 Å². The molecule has 1 heterocycles. The van der Waals surface area contributed by atoms with Crippen LogP contribution in [0, 0.1) is 6.92 Å². The summed E-state index contributed by atoms with van der Waals surface area (Å²) in [5.41, 5.74) is 0.809. The third-order valence-corrected chi connectivity index (χ3v) is 1.97. The zero-order chi connectivity index (χ0) is 11.3. The fourth-order valence-electron chi connectivity index (χ4n) is 1.07. The average Bonchev–Trinajstić information content (AvgIpc) is 2.18. The number of methoxy groups -OCH3 is 2. The van der Waals surface area contributed by atoms with Gasteiger partial charge in [-0.15, -0.1) is 0 Å². The van der Waals surface area contributed by atoms with E-state index >= 15 is 0 Å². The number of ether oxygens (including phenoxy) is 2. The standard InChI is InChI=1S/C9H14ClN3O2/c1-6-4-7(13-9(10)12-6)11-5-8(14-2)15-3/h4,8H,5H2,1-3H3,(H,11,12,13). The Bertz CT molecular complexity index is 298. The molecule has 0 spiro atoms. The van der Waals surface area contributed by atoms with E-state index in [9.17, 15) is 0 Å². The lowest BCUT2D eigenvalue weighted by Gasteiger charge is -2.14. The number of halogens is 1. The minimum Gasteiger partial charge on any atom is -0.365 e. The minimum atomic E-state index is -0.306. The molecule has 0 saturated carbocycles. The predicted octanol–water partition coefficient (Wildman–Crippen LogP) is 1.47. The first-order valence-electron chi connectivity index (χ1n) is 4.46. The lowest BCUT2D eigenvalue weighted by Crippen LogP contribution is -2.24. The van der Waals surface area contributed by atoms with Crippen molar-refractivity contribution in [3.05, 3.63) is 17.0 Å². The number of nitrogens with one attached hydrogen (secondary N) is 1. The second kappa shape index (κ2) is 5.85. The van der Waals surface area contributed by atoms with Crippen LogP contribution in [-0.4, -0.2) is 37.0 Å². The Balaban J connectivity index is 2.57. The van der Waals surface area contributed by atoms with Gasteiger partial charge >= 0.3 is 0 Å². The minimum absolute atomic E-state index is 0.226. The molecule has 0 aliphatic rings. The van der Waals surface area contributed by atoms with E-state index in [0.717, 1.165) is 5.69 Å². The molecule has 1 N–H and O–H groups in total. The summed E-state index contributed by atoms with van der Waals surface area (Å²) in [6.07, 6.45) is -0.306. The number of anilines is 1. The third kappa shape index (κ3) is 3.99. The highest BCUT2D eigenvalue weighted by Crippen LogP contribution is 2.09. The number of hydrogen-bond donors (Lipinski definition) is 1. The second-order valence-corrected chi connectivity index (χ2v) is 3.28. The largest absolute Gasteiger partial charge is 0.365 e. The molecule has 1 aromatic heterocycles. The van der Waals surface area contributed by atoms with Crippen molar-refractivity contribution >= 4 is 17.4 Å². The van der Waals surface area contributed by atoms with Gasteiger partial charge in [0.15, 0.2) is 6.29 Å². The van der Waals surface area contributed by atoms with Crippen molar-refractivity contribution in [3.63, 3.8) is 0 Å². The zero-order valence-electron chi connectivity index (χ0n) is 8.95. The van der Waals surface area contributed by atoms with Crippen molar-refractivity contribution in [2.24, 2.45) is 0 Å². The van der Waals surface area contributed by atoms with Crippen LogP contribution in [0.25, 0.3) is 0 Å². The summed E-state index contributed by atoms with van der Waals surface area (Å²) in [4.78, 5) is 7.96. The van der Waals surface area contributed by atoms with E-state index < -0.39 is 0 Å². The van der Waals surface area contributed by atoms with Gasteiger partial charge in [0, 0.05) is 26.0 Å². The molecule has 0 unspecified atom stereocenters. The van der Waals surface area contributed by atoms with Crippen LogP contribution < -0.4 is 5.32 Å². The van der Waals surface area contributed by atoms with Gasteiger partial charge in [-0.3, -0.25) is 0 Å². The Morgan fingerprint density at radius 2 is 2.07 bits per heavy atom. The first-order valence-corrected chi connectivity index (χ1v) is 4.84. The molecule has 1 aromatic rings. The lowest BCUT2D eigenvalue weighted by molar-refractivity contribution is -0.0914. The van der Waals surface area contributed by atoms with E-state index in [-0.39, 0.29) is 11.6 Å². The van der Waals surface area contributed by atoms with Crippen LogP contribution in [0.2, 0.25) is 5.28 Å². The maximum absolute atomic E-state index is 5.71. The topological polar surface area (TPSA) is 56.3 Å². The maximum atomic E-state index is 5.71. The Morgan fingerprint density at radius 1 is 1.40 bits per heavy atom. The number of hydrogen-bond acceptors (Lipinski definition) is 5. The summed E-state index contributed by atoms with van der Waals surface area (Å²) in [5.74, 6) is 0.659. The van der Waals surface area contributed by atoms with Crippen LogP contribution >= 0.6 is 11.6 Å². The molecule has 6 heteroatoms. The highest BCUT2D eigenvalue weighted by Gasteiger charge is 2.05. The SMILES string of the molecule is COC(CNc1cc(C)nc(Cl)n1)OC. The first-order chi connectivity index (χ1) is 7.15. The van der Waals surface area contributed by atoms with Crippen molar-refractivity contribution in [1.29, 1.82) is 0 Å². The van der Waals surface area contributed by atoms with Gasteiger partial charge < -0.3 is 14.8 Å². The van der Waals surface area contributed by atoms with Gasteiger partial charge in [0.2, 0.25) is 5.28 Å². The maximum Gasteiger partial charge on any atom is 0.224 e. The molecule has 0 fully saturated rings. The predicted molar refractivity (Wildman–Crippen MR) is 58.1 cm³/mol. The Kier molecular flexibility index (Phi) is 4.74. The molecule has 0 amide bonds. The third-order valence-electron chi connectivity index (χ3n) is 1.80. The fourth-order valence-corrected chi connectivity index (χ4v) is 1.30. The van der Waals surface area contributed by atoms with Crippen LogP contribution in [-0.2, 0) is 9.47 Å². The number of rotatable bonds is 5. The zero-order valence-corrected chi connectivity index (χ0v) is 9.71. The summed E-state index contributed by atoms with van der Waals surface area (Å²) in [5, 5.41) is 3.27. The number of nitrogens with zero attached hydrogens (tertiary/aromatic N) is 2. The fraction of sp³-hybridized carbons (Fsp3) is 0.556. The molecule has 0 aliphatic heterocycles. The van der Waals surface area contributed by atoms with Gasteiger partial charge in [0.05, 0.1) is 6.54 Å². The van der Waals surface area contributed by atoms with Crippen LogP contribution in [0.5, 0.6) is 0 Å². The highest BCUT2D eigenvalue weighted by molar-refractivity contribution is 6.28. The number of aryl methyl sites for hydroxylation is 1. The Morgan fingerprint density at radius 3 is 2.60 bits per heavy atom. The monoisotopic (exact) mass is 231 g/mol. The second-order valence-electron chi connectivity index (χ2n) is 2.95. The summed E-state index contributed by atoms with van der Waals surface area (Å²) in [7, 11) is 3.15. The Hall–Kier alpha value is -0.910. The van der Waals surface area contributed by atoms with E-state index in [2.05, 4.69) is 15.3 Å². The van der Waals surface area contributed by atoms with Gasteiger partial charge in [0.25, 0.3) is 0 Å². The molecule has 84 valence electrons. The van der Waals surface area contributed by atoms with E-state index in [1.807, 2.05) is 6.92 Å². The molecular formula is C9H14ClN3O2. The molecule has 0 atom stereocenters. The van der Waals surface area contributed by atoms with E-state index in [1.165, 1.54) is 0 Å². The van der Waals surface area contributed by atoms with Crippen molar-refractivity contribution in [2.45, 2.75) is 13.2 Å². The van der Waals surface area contributed by atoms with Crippen LogP contribution in [0.4, 0.5) is 5.82 Å². The highest BCUT2D eigenvalue weighted by atomic mass is 35.5. The summed E-state index contributed by atoms with van der Waals surface area (Å²) in [6, 6.07) is 1.80. The van der Waals surface area contributed by atoms with E-state index in [1.54, 1.807) is 20.3 Å². The van der Waals surface area contributed by atoms with Crippen molar-refractivity contribution in [1.82, 2.24) is 9.97 Å². The molecule has 15 heavy (non-hydrogen) atoms. The van der Waals surface area contributed by atoms with Gasteiger partial charge in [-0.1, -0.05) is 0 Å². The first kappa shape index (κ1) is 12.2. The molecule has 0 radical (unpaired) electrons. The molecule has 0 saturated heterocycles. The average molecular weight is 232 g/mol. The van der Waals surface area contributed by atoms with Gasteiger partial charge in [0.1, 0.15) is 5.82 Å². The smallest absolute Gasteiger partial charge is 0.224 e. The van der Waals surface area contributed by atoms with Gasteiger partial charge in [-0.2, -0.15) is 0 Å². The number of aromatic nitrogens is 2.